The maximum absolute atomic E-state index is 7.08. The van der Waals surface area contributed by atoms with E-state index in [0.717, 1.165) is 5.69 Å². The average Bonchev–Trinajstić information content (AvgIpc) is 2.74. The smallest absolute Gasteiger partial charge is 0.332 e. The van der Waals surface area contributed by atoms with Crippen LogP contribution in [0.3, 0.4) is 0 Å². The summed E-state index contributed by atoms with van der Waals surface area (Å²) in [6, 6.07) is 0. The summed E-state index contributed by atoms with van der Waals surface area (Å²) in [7, 11) is -1.76. The zero-order chi connectivity index (χ0) is 14.9. The van der Waals surface area contributed by atoms with E-state index < -0.39 is 14.0 Å². The highest BCUT2D eigenvalue weighted by molar-refractivity contribution is 7.09. The number of hydrogen-bond donors (Lipinski definition) is 1. The first-order chi connectivity index (χ1) is 8.49. The molecule has 106 valence electrons. The van der Waals surface area contributed by atoms with Crippen molar-refractivity contribution in [1.82, 2.24) is 4.98 Å². The molecule has 0 spiro atoms. The average molecular weight is 298 g/mol. The molecule has 0 aliphatic rings. The van der Waals surface area contributed by atoms with Crippen LogP contribution in [0.15, 0.2) is 5.38 Å². The SMILES string of the molecule is [C-]#[N+]C(C)(N)c1nc(CO[Si](C)(C)C(C)(C)C)cs1. The first-order valence-corrected chi connectivity index (χ1v) is 10.0. The van der Waals surface area contributed by atoms with Crippen LogP contribution in [-0.2, 0) is 16.7 Å². The van der Waals surface area contributed by atoms with Crippen molar-refractivity contribution in [2.24, 2.45) is 5.73 Å². The van der Waals surface area contributed by atoms with Crippen molar-refractivity contribution < 1.29 is 4.43 Å². The van der Waals surface area contributed by atoms with E-state index in [9.17, 15) is 0 Å². The third kappa shape index (κ3) is 3.86. The van der Waals surface area contributed by atoms with Crippen LogP contribution < -0.4 is 5.73 Å². The van der Waals surface area contributed by atoms with E-state index in [1.54, 1.807) is 6.92 Å². The summed E-state index contributed by atoms with van der Waals surface area (Å²) in [6.07, 6.45) is 0. The number of nitrogens with zero attached hydrogens (tertiary/aromatic N) is 2. The van der Waals surface area contributed by atoms with Crippen LogP contribution in [0.5, 0.6) is 0 Å². The van der Waals surface area contributed by atoms with Gasteiger partial charge in [0.05, 0.1) is 12.3 Å². The van der Waals surface area contributed by atoms with Crippen molar-refractivity contribution in [2.75, 3.05) is 0 Å². The zero-order valence-electron chi connectivity index (χ0n) is 12.6. The Hall–Kier alpha value is -0.743. The Morgan fingerprint density at radius 2 is 2.00 bits per heavy atom. The second kappa shape index (κ2) is 5.33. The number of aromatic nitrogens is 1. The van der Waals surface area contributed by atoms with Crippen molar-refractivity contribution in [3.8, 4) is 0 Å². The lowest BCUT2D eigenvalue weighted by Crippen LogP contribution is -2.40. The highest BCUT2D eigenvalue weighted by Crippen LogP contribution is 2.37. The predicted octanol–water partition coefficient (Wildman–Crippen LogP) is 3.72. The molecule has 1 aromatic heterocycles. The van der Waals surface area contributed by atoms with E-state index in [-0.39, 0.29) is 5.04 Å². The van der Waals surface area contributed by atoms with Crippen molar-refractivity contribution >= 4 is 19.7 Å². The molecular formula is C13H23N3OSSi. The molecule has 0 aromatic carbocycles. The summed E-state index contributed by atoms with van der Waals surface area (Å²) in [5.74, 6) is 0. The van der Waals surface area contributed by atoms with Crippen LogP contribution in [0.2, 0.25) is 18.1 Å². The second-order valence-corrected chi connectivity index (χ2v) is 12.1. The first kappa shape index (κ1) is 16.3. The van der Waals surface area contributed by atoms with Crippen LogP contribution in [0.25, 0.3) is 4.85 Å². The van der Waals surface area contributed by atoms with Crippen molar-refractivity contribution in [3.05, 3.63) is 27.5 Å². The maximum atomic E-state index is 7.08. The summed E-state index contributed by atoms with van der Waals surface area (Å²) >= 11 is 1.42. The van der Waals surface area contributed by atoms with E-state index in [4.69, 9.17) is 16.7 Å². The Kier molecular flexibility index (Phi) is 4.57. The van der Waals surface area contributed by atoms with Gasteiger partial charge in [0.15, 0.2) is 13.3 Å². The van der Waals surface area contributed by atoms with Gasteiger partial charge in [-0.15, -0.1) is 11.3 Å². The number of rotatable bonds is 4. The molecule has 2 N–H and O–H groups in total. The number of thiazole rings is 1. The van der Waals surface area contributed by atoms with Gasteiger partial charge >= 0.3 is 5.66 Å². The molecule has 1 heterocycles. The summed E-state index contributed by atoms with van der Waals surface area (Å²) < 4.78 is 6.10. The Balaban J connectivity index is 2.74. The van der Waals surface area contributed by atoms with E-state index in [1.165, 1.54) is 11.3 Å². The molecule has 0 saturated heterocycles. The topological polar surface area (TPSA) is 52.5 Å². The summed E-state index contributed by atoms with van der Waals surface area (Å²) in [5, 5.41) is 2.76. The fourth-order valence-corrected chi connectivity index (χ4v) is 2.89. The number of hydrogen-bond acceptors (Lipinski definition) is 4. The quantitative estimate of drug-likeness (QED) is 0.681. The van der Waals surface area contributed by atoms with Crippen molar-refractivity contribution in [3.63, 3.8) is 0 Å². The van der Waals surface area contributed by atoms with Gasteiger partial charge in [0.1, 0.15) is 0 Å². The predicted molar refractivity (Wildman–Crippen MR) is 82.2 cm³/mol. The molecule has 0 saturated carbocycles. The lowest BCUT2D eigenvalue weighted by atomic mass is 10.2. The van der Waals surface area contributed by atoms with Crippen molar-refractivity contribution in [2.45, 2.75) is 58.1 Å². The van der Waals surface area contributed by atoms with Crippen LogP contribution in [0.4, 0.5) is 0 Å². The minimum atomic E-state index is -1.76. The van der Waals surface area contributed by atoms with Gasteiger partial charge in [0.2, 0.25) is 0 Å². The van der Waals surface area contributed by atoms with Crippen molar-refractivity contribution in [1.29, 1.82) is 0 Å². The lowest BCUT2D eigenvalue weighted by Gasteiger charge is -2.35. The molecule has 6 heteroatoms. The van der Waals surface area contributed by atoms with Gasteiger partial charge in [-0.1, -0.05) is 20.8 Å². The molecule has 1 aromatic rings. The van der Waals surface area contributed by atoms with Gasteiger partial charge in [-0.25, -0.2) is 11.6 Å². The largest absolute Gasteiger partial charge is 0.411 e. The first-order valence-electron chi connectivity index (χ1n) is 6.26. The van der Waals surface area contributed by atoms with Gasteiger partial charge in [0.25, 0.3) is 0 Å². The lowest BCUT2D eigenvalue weighted by molar-refractivity contribution is 0.272. The third-order valence-electron chi connectivity index (χ3n) is 3.60. The highest BCUT2D eigenvalue weighted by atomic mass is 32.1. The monoisotopic (exact) mass is 297 g/mol. The third-order valence-corrected chi connectivity index (χ3v) is 9.20. The van der Waals surface area contributed by atoms with Crippen LogP contribution in [0, 0.1) is 6.57 Å². The Labute approximate surface area is 121 Å². The fourth-order valence-electron chi connectivity index (χ4n) is 1.12. The molecule has 4 nitrogen and oxygen atoms in total. The van der Waals surface area contributed by atoms with Crippen LogP contribution in [-0.4, -0.2) is 13.3 Å². The Morgan fingerprint density at radius 1 is 1.42 bits per heavy atom. The molecule has 0 aliphatic carbocycles. The Morgan fingerprint density at radius 3 is 2.47 bits per heavy atom. The highest BCUT2D eigenvalue weighted by Gasteiger charge is 2.37. The van der Waals surface area contributed by atoms with Gasteiger partial charge < -0.3 is 4.43 Å². The van der Waals surface area contributed by atoms with Gasteiger partial charge in [0, 0.05) is 12.3 Å². The van der Waals surface area contributed by atoms with E-state index in [0.29, 0.717) is 11.6 Å². The molecule has 1 atom stereocenters. The summed E-state index contributed by atoms with van der Waals surface area (Å²) in [5.41, 5.74) is 5.70. The normalized spacial score (nSPS) is 15.9. The molecule has 1 rings (SSSR count). The summed E-state index contributed by atoms with van der Waals surface area (Å²) in [4.78, 5) is 7.81. The molecule has 19 heavy (non-hydrogen) atoms. The fraction of sp³-hybridized carbons (Fsp3) is 0.692. The van der Waals surface area contributed by atoms with Crippen LogP contribution >= 0.6 is 11.3 Å². The minimum Gasteiger partial charge on any atom is -0.411 e. The molecular weight excluding hydrogens is 274 g/mol. The zero-order valence-corrected chi connectivity index (χ0v) is 14.4. The van der Waals surface area contributed by atoms with E-state index in [2.05, 4.69) is 43.7 Å². The van der Waals surface area contributed by atoms with Gasteiger partial charge in [-0.3, -0.25) is 10.6 Å². The summed E-state index contributed by atoms with van der Waals surface area (Å²) in [6.45, 7) is 20.3. The standard InChI is InChI=1S/C13H23N3OSSi/c1-12(2,3)19(6,7)17-8-10-9-18-11(16-10)13(4,14)15-5/h9H,8,14H2,1-4,6-7H3. The van der Waals surface area contributed by atoms with E-state index in [1.807, 2.05) is 5.38 Å². The van der Waals surface area contributed by atoms with E-state index >= 15 is 0 Å². The molecule has 1 unspecified atom stereocenters. The molecule has 0 fully saturated rings. The van der Waals surface area contributed by atoms with Gasteiger partial charge in [-0.05, 0) is 18.1 Å². The molecule has 0 aliphatic heterocycles. The maximum Gasteiger partial charge on any atom is 0.332 e. The molecule has 0 amide bonds. The molecule has 0 radical (unpaired) electrons. The molecule has 0 bridgehead atoms. The number of nitrogens with two attached hydrogens (primary N) is 1. The van der Waals surface area contributed by atoms with Crippen LogP contribution in [0.1, 0.15) is 38.4 Å². The Bertz CT molecular complexity index is 483. The minimum absolute atomic E-state index is 0.185. The van der Waals surface area contributed by atoms with Gasteiger partial charge in [-0.2, -0.15) is 0 Å². The second-order valence-electron chi connectivity index (χ2n) is 6.45.